The zero-order valence-electron chi connectivity index (χ0n) is 6.53. The molecule has 1 N–H and O–H groups in total. The molecule has 2 aromatic heterocycles. The quantitative estimate of drug-likeness (QED) is 0.838. The van der Waals surface area contributed by atoms with Gasteiger partial charge in [-0.1, -0.05) is 16.8 Å². The summed E-state index contributed by atoms with van der Waals surface area (Å²) in [5.74, 6) is 0.597. The molecule has 2 rings (SSSR count). The van der Waals surface area contributed by atoms with Gasteiger partial charge >= 0.3 is 0 Å². The fraction of sp³-hybridized carbons (Fsp3) is 0.125. The van der Waals surface area contributed by atoms with Crippen molar-refractivity contribution >= 4 is 22.9 Å². The Balaban J connectivity index is 2.45. The number of hydrogen-bond acceptors (Lipinski definition) is 4. The molecule has 5 heteroatoms. The minimum atomic E-state index is -0.0750. The van der Waals surface area contributed by atoms with E-state index < -0.39 is 0 Å². The lowest BCUT2D eigenvalue weighted by molar-refractivity contribution is 0.281. The first-order valence-corrected chi connectivity index (χ1v) is 4.81. The lowest BCUT2D eigenvalue weighted by atomic mass is 10.2. The standard InChI is InChI=1S/C8H6ClNO2S/c9-7-2-1-6(13-7)8-5(4-11)3-10-12-8/h1-3,11H,4H2. The van der Waals surface area contributed by atoms with E-state index in [1.54, 1.807) is 6.07 Å². The number of rotatable bonds is 2. The largest absolute Gasteiger partial charge is 0.391 e. The molecule has 0 aliphatic carbocycles. The van der Waals surface area contributed by atoms with Crippen LogP contribution in [-0.2, 0) is 6.61 Å². The molecule has 0 spiro atoms. The average molecular weight is 216 g/mol. The van der Waals surface area contributed by atoms with Crippen LogP contribution in [0.5, 0.6) is 0 Å². The van der Waals surface area contributed by atoms with Crippen LogP contribution in [0.25, 0.3) is 10.6 Å². The molecule has 0 radical (unpaired) electrons. The number of aliphatic hydroxyl groups excluding tert-OH is 1. The third-order valence-corrected chi connectivity index (χ3v) is 2.84. The summed E-state index contributed by atoms with van der Waals surface area (Å²) >= 11 is 7.16. The second-order valence-electron chi connectivity index (χ2n) is 2.44. The highest BCUT2D eigenvalue weighted by Gasteiger charge is 2.11. The Bertz CT molecular complexity index is 410. The van der Waals surface area contributed by atoms with Crippen LogP contribution in [0.2, 0.25) is 4.34 Å². The molecule has 2 heterocycles. The van der Waals surface area contributed by atoms with Crippen molar-refractivity contribution in [1.29, 1.82) is 0 Å². The van der Waals surface area contributed by atoms with Crippen molar-refractivity contribution in [1.82, 2.24) is 5.16 Å². The zero-order valence-corrected chi connectivity index (χ0v) is 8.10. The van der Waals surface area contributed by atoms with Crippen molar-refractivity contribution < 1.29 is 9.63 Å². The minimum Gasteiger partial charge on any atom is -0.391 e. The Morgan fingerprint density at radius 1 is 1.54 bits per heavy atom. The van der Waals surface area contributed by atoms with Gasteiger partial charge in [-0.05, 0) is 12.1 Å². The maximum absolute atomic E-state index is 8.95. The summed E-state index contributed by atoms with van der Waals surface area (Å²) in [4.78, 5) is 0.881. The van der Waals surface area contributed by atoms with Crippen molar-refractivity contribution in [2.24, 2.45) is 0 Å². The molecule has 13 heavy (non-hydrogen) atoms. The third kappa shape index (κ3) is 1.60. The van der Waals surface area contributed by atoms with Crippen LogP contribution in [0.1, 0.15) is 5.56 Å². The SMILES string of the molecule is OCc1cnoc1-c1ccc(Cl)s1. The number of halogens is 1. The van der Waals surface area contributed by atoms with E-state index in [0.29, 0.717) is 15.7 Å². The molecule has 0 saturated heterocycles. The first-order valence-electron chi connectivity index (χ1n) is 3.61. The Morgan fingerprint density at radius 2 is 2.38 bits per heavy atom. The molecule has 0 unspecified atom stereocenters. The van der Waals surface area contributed by atoms with E-state index in [1.807, 2.05) is 6.07 Å². The van der Waals surface area contributed by atoms with Gasteiger partial charge in [-0.3, -0.25) is 0 Å². The van der Waals surface area contributed by atoms with Gasteiger partial charge in [0, 0.05) is 5.56 Å². The smallest absolute Gasteiger partial charge is 0.182 e. The summed E-state index contributed by atoms with van der Waals surface area (Å²) in [5, 5.41) is 12.6. The fourth-order valence-electron chi connectivity index (χ4n) is 1.01. The van der Waals surface area contributed by atoms with Crippen molar-refractivity contribution in [2.45, 2.75) is 6.61 Å². The number of hydrogen-bond donors (Lipinski definition) is 1. The first-order chi connectivity index (χ1) is 6.31. The van der Waals surface area contributed by atoms with Crippen LogP contribution in [-0.4, -0.2) is 10.3 Å². The fourth-order valence-corrected chi connectivity index (χ4v) is 2.07. The summed E-state index contributed by atoms with van der Waals surface area (Å²) in [5.41, 5.74) is 0.679. The summed E-state index contributed by atoms with van der Waals surface area (Å²) in [6.45, 7) is -0.0750. The summed E-state index contributed by atoms with van der Waals surface area (Å²) in [7, 11) is 0. The summed E-state index contributed by atoms with van der Waals surface area (Å²) in [6.07, 6.45) is 1.50. The zero-order chi connectivity index (χ0) is 9.26. The predicted octanol–water partition coefficient (Wildman–Crippen LogP) is 2.55. The molecule has 0 fully saturated rings. The number of aromatic nitrogens is 1. The minimum absolute atomic E-state index is 0.0750. The van der Waals surface area contributed by atoms with E-state index in [-0.39, 0.29) is 6.61 Å². The first kappa shape index (κ1) is 8.74. The molecular weight excluding hydrogens is 210 g/mol. The molecule has 2 aromatic rings. The molecule has 0 saturated carbocycles. The normalized spacial score (nSPS) is 10.6. The van der Waals surface area contributed by atoms with E-state index in [2.05, 4.69) is 5.16 Å². The van der Waals surface area contributed by atoms with Crippen molar-refractivity contribution in [2.75, 3.05) is 0 Å². The molecular formula is C8H6ClNO2S. The number of nitrogens with zero attached hydrogens (tertiary/aromatic N) is 1. The van der Waals surface area contributed by atoms with Gasteiger partial charge in [0.2, 0.25) is 0 Å². The Morgan fingerprint density at radius 3 is 3.00 bits per heavy atom. The molecule has 0 aliphatic heterocycles. The van der Waals surface area contributed by atoms with Crippen molar-refractivity contribution in [3.8, 4) is 10.6 Å². The van der Waals surface area contributed by atoms with Crippen LogP contribution in [0.15, 0.2) is 22.9 Å². The van der Waals surface area contributed by atoms with Gasteiger partial charge in [-0.25, -0.2) is 0 Å². The van der Waals surface area contributed by atoms with Crippen molar-refractivity contribution in [3.05, 3.63) is 28.2 Å². The monoisotopic (exact) mass is 215 g/mol. The van der Waals surface area contributed by atoms with E-state index in [1.165, 1.54) is 17.5 Å². The summed E-state index contributed by atoms with van der Waals surface area (Å²) < 4.78 is 5.69. The van der Waals surface area contributed by atoms with Crippen LogP contribution in [0.3, 0.4) is 0 Å². The van der Waals surface area contributed by atoms with Gasteiger partial charge in [0.05, 0.1) is 22.0 Å². The highest BCUT2D eigenvalue weighted by Crippen LogP contribution is 2.32. The predicted molar refractivity (Wildman–Crippen MR) is 50.7 cm³/mol. The van der Waals surface area contributed by atoms with Gasteiger partial charge in [0.25, 0.3) is 0 Å². The molecule has 0 aliphatic rings. The Hall–Kier alpha value is -0.840. The lowest BCUT2D eigenvalue weighted by Gasteiger charge is -1.91. The van der Waals surface area contributed by atoms with Crippen molar-refractivity contribution in [3.63, 3.8) is 0 Å². The summed E-state index contributed by atoms with van der Waals surface area (Å²) in [6, 6.07) is 3.62. The van der Waals surface area contributed by atoms with Gasteiger partial charge in [0.15, 0.2) is 5.76 Å². The van der Waals surface area contributed by atoms with E-state index in [4.69, 9.17) is 21.2 Å². The highest BCUT2D eigenvalue weighted by atomic mass is 35.5. The van der Waals surface area contributed by atoms with E-state index in [0.717, 1.165) is 4.88 Å². The number of thiophene rings is 1. The molecule has 0 amide bonds. The van der Waals surface area contributed by atoms with Crippen LogP contribution >= 0.6 is 22.9 Å². The Kier molecular flexibility index (Phi) is 2.35. The maximum Gasteiger partial charge on any atom is 0.182 e. The molecule has 68 valence electrons. The topological polar surface area (TPSA) is 46.3 Å². The maximum atomic E-state index is 8.95. The van der Waals surface area contributed by atoms with Crippen LogP contribution < -0.4 is 0 Å². The van der Waals surface area contributed by atoms with Gasteiger partial charge in [-0.15, -0.1) is 11.3 Å². The van der Waals surface area contributed by atoms with Gasteiger partial charge < -0.3 is 9.63 Å². The lowest BCUT2D eigenvalue weighted by Crippen LogP contribution is -1.80. The second kappa shape index (κ2) is 3.49. The second-order valence-corrected chi connectivity index (χ2v) is 4.16. The molecule has 0 bridgehead atoms. The average Bonchev–Trinajstić information content (AvgIpc) is 2.71. The third-order valence-electron chi connectivity index (χ3n) is 1.61. The molecule has 0 atom stereocenters. The van der Waals surface area contributed by atoms with Crippen LogP contribution in [0.4, 0.5) is 0 Å². The van der Waals surface area contributed by atoms with E-state index >= 15 is 0 Å². The highest BCUT2D eigenvalue weighted by molar-refractivity contribution is 7.19. The Labute approximate surface area is 83.6 Å². The van der Waals surface area contributed by atoms with Gasteiger partial charge in [-0.2, -0.15) is 0 Å². The van der Waals surface area contributed by atoms with E-state index in [9.17, 15) is 0 Å². The van der Waals surface area contributed by atoms with Crippen LogP contribution in [0, 0.1) is 0 Å². The number of aliphatic hydroxyl groups is 1. The molecule has 0 aromatic carbocycles. The van der Waals surface area contributed by atoms with Gasteiger partial charge in [0.1, 0.15) is 0 Å². The molecule has 3 nitrogen and oxygen atoms in total.